The molecule has 0 N–H and O–H groups in total. The molecule has 2 aromatic rings. The number of piperidine rings is 1. The van der Waals surface area contributed by atoms with Crippen molar-refractivity contribution in [3.63, 3.8) is 0 Å². The SMILES string of the molecule is CCc1csc([C@@H]2CCCN(C(=O)[C@H](C)n3ccnc3)C2)n1. The first-order valence-corrected chi connectivity index (χ1v) is 8.77. The molecule has 1 aliphatic heterocycles. The average molecular weight is 318 g/mol. The highest BCUT2D eigenvalue weighted by atomic mass is 32.1. The largest absolute Gasteiger partial charge is 0.340 e. The number of amides is 1. The van der Waals surface area contributed by atoms with E-state index < -0.39 is 0 Å². The van der Waals surface area contributed by atoms with Gasteiger partial charge in [-0.3, -0.25) is 4.79 Å². The van der Waals surface area contributed by atoms with Gasteiger partial charge in [0.2, 0.25) is 5.91 Å². The third-order valence-corrected chi connectivity index (χ3v) is 5.40. The summed E-state index contributed by atoms with van der Waals surface area (Å²) in [6.07, 6.45) is 8.42. The van der Waals surface area contributed by atoms with Crippen molar-refractivity contribution >= 4 is 17.2 Å². The zero-order valence-corrected chi connectivity index (χ0v) is 13.9. The Labute approximate surface area is 135 Å². The number of hydrogen-bond donors (Lipinski definition) is 0. The molecule has 0 aromatic carbocycles. The van der Waals surface area contributed by atoms with Crippen molar-refractivity contribution in [2.45, 2.75) is 45.1 Å². The van der Waals surface area contributed by atoms with Crippen LogP contribution in [0.4, 0.5) is 0 Å². The van der Waals surface area contributed by atoms with Gasteiger partial charge in [0.15, 0.2) is 0 Å². The monoisotopic (exact) mass is 318 g/mol. The molecule has 0 spiro atoms. The van der Waals surface area contributed by atoms with E-state index in [0.29, 0.717) is 5.92 Å². The van der Waals surface area contributed by atoms with Crippen LogP contribution in [0.25, 0.3) is 0 Å². The maximum Gasteiger partial charge on any atom is 0.245 e. The van der Waals surface area contributed by atoms with Gasteiger partial charge in [0.1, 0.15) is 6.04 Å². The summed E-state index contributed by atoms with van der Waals surface area (Å²) in [7, 11) is 0. The minimum absolute atomic E-state index is 0.176. The van der Waals surface area contributed by atoms with Gasteiger partial charge in [0.25, 0.3) is 0 Å². The number of aryl methyl sites for hydroxylation is 1. The molecule has 0 saturated carbocycles. The second kappa shape index (κ2) is 6.60. The zero-order chi connectivity index (χ0) is 15.5. The van der Waals surface area contributed by atoms with E-state index in [0.717, 1.165) is 38.0 Å². The Bertz CT molecular complexity index is 622. The number of carbonyl (C=O) groups is 1. The summed E-state index contributed by atoms with van der Waals surface area (Å²) < 4.78 is 1.87. The van der Waals surface area contributed by atoms with Gasteiger partial charge < -0.3 is 9.47 Å². The van der Waals surface area contributed by atoms with E-state index in [2.05, 4.69) is 17.3 Å². The standard InChI is InChI=1S/C16H22N4OS/c1-3-14-10-22-15(18-14)13-5-4-7-19(9-13)16(21)12(2)20-8-6-17-11-20/h6,8,10-13H,3-5,7,9H2,1-2H3/t12-,13+/m0/s1. The smallest absolute Gasteiger partial charge is 0.245 e. The molecular weight excluding hydrogens is 296 g/mol. The number of aromatic nitrogens is 3. The second-order valence-corrected chi connectivity index (χ2v) is 6.73. The van der Waals surface area contributed by atoms with E-state index in [-0.39, 0.29) is 11.9 Å². The summed E-state index contributed by atoms with van der Waals surface area (Å²) in [5.41, 5.74) is 1.16. The Morgan fingerprint density at radius 1 is 1.55 bits per heavy atom. The highest BCUT2D eigenvalue weighted by molar-refractivity contribution is 7.09. The number of nitrogens with zero attached hydrogens (tertiary/aromatic N) is 4. The number of hydrogen-bond acceptors (Lipinski definition) is 4. The van der Waals surface area contributed by atoms with E-state index in [4.69, 9.17) is 4.98 Å². The summed E-state index contributed by atoms with van der Waals surface area (Å²) in [4.78, 5) is 23.4. The van der Waals surface area contributed by atoms with Crippen molar-refractivity contribution in [3.05, 3.63) is 34.8 Å². The van der Waals surface area contributed by atoms with Gasteiger partial charge >= 0.3 is 0 Å². The summed E-state index contributed by atoms with van der Waals surface area (Å²) in [6, 6.07) is -0.191. The van der Waals surface area contributed by atoms with E-state index in [1.54, 1.807) is 23.9 Å². The van der Waals surface area contributed by atoms with Crippen molar-refractivity contribution < 1.29 is 4.79 Å². The molecule has 1 fully saturated rings. The van der Waals surface area contributed by atoms with Gasteiger partial charge in [-0.25, -0.2) is 9.97 Å². The van der Waals surface area contributed by atoms with Gasteiger partial charge in [0.05, 0.1) is 17.0 Å². The normalized spacial score (nSPS) is 20.1. The molecule has 22 heavy (non-hydrogen) atoms. The number of likely N-dealkylation sites (tertiary alicyclic amines) is 1. The summed E-state index contributed by atoms with van der Waals surface area (Å²) >= 11 is 1.74. The first kappa shape index (κ1) is 15.2. The molecule has 1 amide bonds. The molecule has 3 heterocycles. The molecule has 0 aliphatic carbocycles. The van der Waals surface area contributed by atoms with E-state index in [1.807, 2.05) is 22.6 Å². The lowest BCUT2D eigenvalue weighted by Gasteiger charge is -2.33. The van der Waals surface area contributed by atoms with Gasteiger partial charge in [-0.15, -0.1) is 11.3 Å². The molecule has 1 aliphatic rings. The fraction of sp³-hybridized carbons (Fsp3) is 0.562. The number of imidazole rings is 1. The van der Waals surface area contributed by atoms with E-state index in [9.17, 15) is 4.79 Å². The minimum Gasteiger partial charge on any atom is -0.340 e. The predicted octanol–water partition coefficient (Wildman–Crippen LogP) is 2.87. The predicted molar refractivity (Wildman–Crippen MR) is 87.0 cm³/mol. The second-order valence-electron chi connectivity index (χ2n) is 5.84. The van der Waals surface area contributed by atoms with Gasteiger partial charge in [-0.05, 0) is 26.2 Å². The quantitative estimate of drug-likeness (QED) is 0.871. The van der Waals surface area contributed by atoms with Crippen LogP contribution >= 0.6 is 11.3 Å². The average Bonchev–Trinajstić information content (AvgIpc) is 3.24. The van der Waals surface area contributed by atoms with Crippen molar-refractivity contribution in [3.8, 4) is 0 Å². The van der Waals surface area contributed by atoms with Crippen molar-refractivity contribution in [2.75, 3.05) is 13.1 Å². The lowest BCUT2D eigenvalue weighted by Crippen LogP contribution is -2.42. The highest BCUT2D eigenvalue weighted by Crippen LogP contribution is 2.30. The maximum absolute atomic E-state index is 12.7. The molecule has 3 rings (SSSR count). The van der Waals surface area contributed by atoms with E-state index in [1.165, 1.54) is 5.01 Å². The Kier molecular flexibility index (Phi) is 4.57. The lowest BCUT2D eigenvalue weighted by atomic mass is 9.98. The number of rotatable bonds is 4. The van der Waals surface area contributed by atoms with Crippen LogP contribution in [0, 0.1) is 0 Å². The topological polar surface area (TPSA) is 51.0 Å². The molecule has 1 saturated heterocycles. The molecule has 5 nitrogen and oxygen atoms in total. The summed E-state index contributed by atoms with van der Waals surface area (Å²) in [5.74, 6) is 0.563. The van der Waals surface area contributed by atoms with E-state index >= 15 is 0 Å². The fourth-order valence-electron chi connectivity index (χ4n) is 2.94. The first-order chi connectivity index (χ1) is 10.7. The van der Waals surface area contributed by atoms with Crippen LogP contribution in [0.15, 0.2) is 24.1 Å². The summed E-state index contributed by atoms with van der Waals surface area (Å²) in [5, 5.41) is 3.33. The Hall–Kier alpha value is -1.69. The molecule has 0 radical (unpaired) electrons. The molecular formula is C16H22N4OS. The summed E-state index contributed by atoms with van der Waals surface area (Å²) in [6.45, 7) is 5.70. The Morgan fingerprint density at radius 3 is 3.09 bits per heavy atom. The first-order valence-electron chi connectivity index (χ1n) is 7.89. The third kappa shape index (κ3) is 3.06. The Morgan fingerprint density at radius 2 is 2.41 bits per heavy atom. The molecule has 2 aromatic heterocycles. The van der Waals surface area contributed by atoms with Gasteiger partial charge in [0, 0.05) is 36.8 Å². The number of thiazole rings is 1. The van der Waals surface area contributed by atoms with Crippen LogP contribution in [0.5, 0.6) is 0 Å². The molecule has 6 heteroatoms. The highest BCUT2D eigenvalue weighted by Gasteiger charge is 2.29. The third-order valence-electron chi connectivity index (χ3n) is 4.34. The van der Waals surface area contributed by atoms with Crippen LogP contribution in [-0.2, 0) is 11.2 Å². The molecule has 118 valence electrons. The minimum atomic E-state index is -0.191. The van der Waals surface area contributed by atoms with Gasteiger partial charge in [-0.1, -0.05) is 6.92 Å². The van der Waals surface area contributed by atoms with Crippen LogP contribution in [0.3, 0.4) is 0 Å². The zero-order valence-electron chi connectivity index (χ0n) is 13.1. The fourth-order valence-corrected chi connectivity index (χ4v) is 3.97. The van der Waals surface area contributed by atoms with Crippen LogP contribution < -0.4 is 0 Å². The van der Waals surface area contributed by atoms with Crippen LogP contribution in [0.1, 0.15) is 49.4 Å². The van der Waals surface area contributed by atoms with Gasteiger partial charge in [-0.2, -0.15) is 0 Å². The van der Waals surface area contributed by atoms with Crippen molar-refractivity contribution in [2.24, 2.45) is 0 Å². The van der Waals surface area contributed by atoms with Crippen molar-refractivity contribution in [1.29, 1.82) is 0 Å². The molecule has 0 bridgehead atoms. The van der Waals surface area contributed by atoms with Crippen molar-refractivity contribution in [1.82, 2.24) is 19.4 Å². The maximum atomic E-state index is 12.7. The number of carbonyl (C=O) groups excluding carboxylic acids is 1. The molecule has 0 unspecified atom stereocenters. The van der Waals surface area contributed by atoms with Crippen LogP contribution in [0.2, 0.25) is 0 Å². The van der Waals surface area contributed by atoms with Crippen LogP contribution in [-0.4, -0.2) is 38.4 Å². The Balaban J connectivity index is 1.68. The lowest BCUT2D eigenvalue weighted by molar-refractivity contribution is -0.135. The molecule has 2 atom stereocenters.